The lowest BCUT2D eigenvalue weighted by atomic mass is 9.48. The summed E-state index contributed by atoms with van der Waals surface area (Å²) in [4.78, 5) is 27.2. The molecule has 4 nitrogen and oxygen atoms in total. The summed E-state index contributed by atoms with van der Waals surface area (Å²) >= 11 is 1.73. The monoisotopic (exact) mass is 502 g/mol. The zero-order chi connectivity index (χ0) is 24.9. The molecule has 3 fully saturated rings. The fourth-order valence-corrected chi connectivity index (χ4v) is 9.38. The lowest BCUT2D eigenvalue weighted by Gasteiger charge is -2.58. The first-order valence-electron chi connectivity index (χ1n) is 13.8. The van der Waals surface area contributed by atoms with Gasteiger partial charge in [-0.1, -0.05) is 56.3 Å². The van der Waals surface area contributed by atoms with Crippen LogP contribution in [-0.4, -0.2) is 17.9 Å². The second kappa shape index (κ2) is 9.16. The summed E-state index contributed by atoms with van der Waals surface area (Å²) in [6.07, 6.45) is 11.4. The number of carbonyl (C=O) groups excluding carboxylic acids is 2. The number of thiophene rings is 1. The maximum atomic E-state index is 13.9. The molecule has 2 aromatic rings. The topological polar surface area (TPSA) is 58.2 Å². The molecule has 1 unspecified atom stereocenters. The Kier molecular flexibility index (Phi) is 6.10. The Bertz CT molecular complexity index is 1140. The van der Waals surface area contributed by atoms with E-state index in [0.29, 0.717) is 17.8 Å². The molecule has 3 aliphatic carbocycles. The first-order valence-corrected chi connectivity index (χ1v) is 14.6. The Hall–Kier alpha value is -2.40. The molecule has 3 saturated carbocycles. The van der Waals surface area contributed by atoms with Gasteiger partial charge in [0.2, 0.25) is 11.8 Å². The van der Waals surface area contributed by atoms with Gasteiger partial charge in [-0.3, -0.25) is 9.59 Å². The summed E-state index contributed by atoms with van der Waals surface area (Å²) in [5.74, 6) is 2.20. The first kappa shape index (κ1) is 24.0. The molecule has 2 amide bonds. The number of benzene rings is 1. The van der Waals surface area contributed by atoms with E-state index in [9.17, 15) is 9.59 Å². The second-order valence-corrected chi connectivity index (χ2v) is 13.1. The number of rotatable bonds is 5. The van der Waals surface area contributed by atoms with Crippen LogP contribution in [0, 0.1) is 34.5 Å². The van der Waals surface area contributed by atoms with Gasteiger partial charge in [-0.25, -0.2) is 0 Å². The average molecular weight is 503 g/mol. The number of carbonyl (C=O) groups is 2. The Morgan fingerprint density at radius 1 is 1.06 bits per heavy atom. The predicted octanol–water partition coefficient (Wildman–Crippen LogP) is 6.06. The molecule has 8 atom stereocenters. The second-order valence-electron chi connectivity index (χ2n) is 12.2. The highest BCUT2D eigenvalue weighted by molar-refractivity contribution is 7.10. The Morgan fingerprint density at radius 3 is 2.67 bits per heavy atom. The van der Waals surface area contributed by atoms with Gasteiger partial charge in [0.1, 0.15) is 0 Å². The van der Waals surface area contributed by atoms with Crippen LogP contribution < -0.4 is 10.6 Å². The lowest BCUT2D eigenvalue weighted by Crippen LogP contribution is -2.59. The zero-order valence-electron chi connectivity index (χ0n) is 21.4. The van der Waals surface area contributed by atoms with E-state index in [4.69, 9.17) is 0 Å². The third-order valence-electron chi connectivity index (χ3n) is 10.5. The van der Waals surface area contributed by atoms with Gasteiger partial charge < -0.3 is 10.6 Å². The Balaban J connectivity index is 1.21. The van der Waals surface area contributed by atoms with Gasteiger partial charge in [-0.15, -0.1) is 11.3 Å². The molecule has 2 heterocycles. The minimum absolute atomic E-state index is 0.0178. The summed E-state index contributed by atoms with van der Waals surface area (Å²) in [7, 11) is 0. The first-order chi connectivity index (χ1) is 17.4. The fraction of sp³-hybridized carbons (Fsp3) is 0.548. The standard InChI is InChI=1S/C31H38N2O2S/c1-30-16-14-23-21(10-13-27-31(23,2)17-15-28(34)33-27)22(30)11-12-24(30)29(35)32-25(26-9-6-18-36-26)19-20-7-4-3-5-8-20/h3-9,15,17-18,21-25,27H,10-14,16,19H2,1-2H3,(H,32,35)(H,33,34)/t21-,22-,23-,24+,25?,27+,30-,31+/m0/s1. The number of hydrogen-bond acceptors (Lipinski definition) is 3. The summed E-state index contributed by atoms with van der Waals surface area (Å²) in [6.45, 7) is 4.77. The van der Waals surface area contributed by atoms with Crippen LogP contribution in [0.1, 0.15) is 68.9 Å². The molecule has 2 N–H and O–H groups in total. The van der Waals surface area contributed by atoms with Crippen molar-refractivity contribution in [2.24, 2.45) is 34.5 Å². The van der Waals surface area contributed by atoms with Crippen molar-refractivity contribution in [1.82, 2.24) is 10.6 Å². The molecule has 36 heavy (non-hydrogen) atoms. The van der Waals surface area contributed by atoms with Crippen molar-refractivity contribution in [3.8, 4) is 0 Å². The molecule has 1 aliphatic heterocycles. The molecule has 190 valence electrons. The van der Waals surface area contributed by atoms with Crippen molar-refractivity contribution in [3.05, 3.63) is 70.4 Å². The molecule has 0 radical (unpaired) electrons. The van der Waals surface area contributed by atoms with E-state index in [2.05, 4.69) is 72.3 Å². The maximum Gasteiger partial charge on any atom is 0.243 e. The van der Waals surface area contributed by atoms with Crippen LogP contribution in [0.3, 0.4) is 0 Å². The Labute approximate surface area is 219 Å². The largest absolute Gasteiger partial charge is 0.349 e. The molecular formula is C31H38N2O2S. The van der Waals surface area contributed by atoms with Gasteiger partial charge in [0.05, 0.1) is 6.04 Å². The van der Waals surface area contributed by atoms with Crippen LogP contribution in [0.15, 0.2) is 60.0 Å². The van der Waals surface area contributed by atoms with Crippen molar-refractivity contribution in [3.63, 3.8) is 0 Å². The SMILES string of the molecule is C[C@]12C=CC(=O)N[C@@H]1CC[C@@H]1[C@@H]2CC[C@]2(C)[C@@H](C(=O)NC(Cc3ccccc3)c3cccs3)CC[C@@H]12. The molecular weight excluding hydrogens is 464 g/mol. The summed E-state index contributed by atoms with van der Waals surface area (Å²) in [6, 6.07) is 15.0. The van der Waals surface area contributed by atoms with Crippen molar-refractivity contribution in [1.29, 1.82) is 0 Å². The number of fused-ring (bicyclic) bond motifs is 5. The van der Waals surface area contributed by atoms with Gasteiger partial charge in [0.15, 0.2) is 0 Å². The third-order valence-corrected chi connectivity index (χ3v) is 11.5. The normalized spacial score (nSPS) is 37.8. The summed E-state index contributed by atoms with van der Waals surface area (Å²) in [5, 5.41) is 8.87. The van der Waals surface area contributed by atoms with E-state index in [1.54, 1.807) is 17.4 Å². The smallest absolute Gasteiger partial charge is 0.243 e. The summed E-state index contributed by atoms with van der Waals surface area (Å²) in [5.41, 5.74) is 1.35. The zero-order valence-corrected chi connectivity index (χ0v) is 22.2. The Morgan fingerprint density at radius 2 is 1.89 bits per heavy atom. The highest BCUT2D eigenvalue weighted by atomic mass is 32.1. The fourth-order valence-electron chi connectivity index (χ4n) is 8.60. The maximum absolute atomic E-state index is 13.9. The van der Waals surface area contributed by atoms with E-state index in [1.165, 1.54) is 16.9 Å². The summed E-state index contributed by atoms with van der Waals surface area (Å²) < 4.78 is 0. The predicted molar refractivity (Wildman–Crippen MR) is 144 cm³/mol. The van der Waals surface area contributed by atoms with Crippen LogP contribution in [0.25, 0.3) is 0 Å². The number of hydrogen-bond donors (Lipinski definition) is 2. The van der Waals surface area contributed by atoms with Crippen molar-refractivity contribution < 1.29 is 9.59 Å². The van der Waals surface area contributed by atoms with E-state index >= 15 is 0 Å². The van der Waals surface area contributed by atoms with Gasteiger partial charge in [-0.05, 0) is 91.2 Å². The van der Waals surface area contributed by atoms with E-state index in [-0.39, 0.29) is 40.6 Å². The highest BCUT2D eigenvalue weighted by Crippen LogP contribution is 2.65. The molecule has 6 rings (SSSR count). The van der Waals surface area contributed by atoms with Crippen LogP contribution in [0.4, 0.5) is 0 Å². The van der Waals surface area contributed by atoms with Crippen molar-refractivity contribution >= 4 is 23.2 Å². The number of amides is 2. The van der Waals surface area contributed by atoms with Crippen LogP contribution in [-0.2, 0) is 16.0 Å². The van der Waals surface area contributed by atoms with Crippen LogP contribution in [0.2, 0.25) is 0 Å². The lowest BCUT2D eigenvalue weighted by molar-refractivity contribution is -0.134. The average Bonchev–Trinajstić information content (AvgIpc) is 3.53. The van der Waals surface area contributed by atoms with Crippen LogP contribution in [0.5, 0.6) is 0 Å². The van der Waals surface area contributed by atoms with Gasteiger partial charge in [-0.2, -0.15) is 0 Å². The molecule has 1 aromatic heterocycles. The minimum atomic E-state index is 0.0178. The molecule has 0 saturated heterocycles. The molecule has 1 aromatic carbocycles. The van der Waals surface area contributed by atoms with E-state index in [1.807, 2.05) is 6.07 Å². The van der Waals surface area contributed by atoms with Crippen molar-refractivity contribution in [2.75, 3.05) is 0 Å². The van der Waals surface area contributed by atoms with Gasteiger partial charge in [0.25, 0.3) is 0 Å². The third kappa shape index (κ3) is 3.95. The van der Waals surface area contributed by atoms with Crippen LogP contribution >= 0.6 is 11.3 Å². The highest BCUT2D eigenvalue weighted by Gasteiger charge is 2.60. The van der Waals surface area contributed by atoms with Crippen molar-refractivity contribution in [2.45, 2.75) is 70.9 Å². The molecule has 0 spiro atoms. The van der Waals surface area contributed by atoms with Gasteiger partial charge in [0, 0.05) is 22.3 Å². The quantitative estimate of drug-likeness (QED) is 0.522. The van der Waals surface area contributed by atoms with E-state index in [0.717, 1.165) is 38.5 Å². The number of nitrogens with one attached hydrogen (secondary N) is 2. The minimum Gasteiger partial charge on any atom is -0.349 e. The molecule has 0 bridgehead atoms. The molecule has 4 aliphatic rings. The van der Waals surface area contributed by atoms with E-state index < -0.39 is 0 Å². The van der Waals surface area contributed by atoms with Gasteiger partial charge >= 0.3 is 0 Å². The molecule has 5 heteroatoms.